The normalized spacial score (nSPS) is 14.2. The summed E-state index contributed by atoms with van der Waals surface area (Å²) < 4.78 is 0. The van der Waals surface area contributed by atoms with E-state index in [1.807, 2.05) is 0 Å². The second-order valence-electron chi connectivity index (χ2n) is 5.35. The fraction of sp³-hybridized carbons (Fsp3) is 1.00. The van der Waals surface area contributed by atoms with Gasteiger partial charge in [0.25, 0.3) is 0 Å². The maximum atomic E-state index is 3.42. The van der Waals surface area contributed by atoms with Gasteiger partial charge in [-0.25, -0.2) is 0 Å². The van der Waals surface area contributed by atoms with Crippen molar-refractivity contribution >= 4 is 0 Å². The molecular weight excluding hydrogens is 184 g/mol. The van der Waals surface area contributed by atoms with Crippen LogP contribution in [0.4, 0.5) is 0 Å². The van der Waals surface area contributed by atoms with Crippen LogP contribution < -0.4 is 5.32 Å². The highest BCUT2D eigenvalue weighted by atomic mass is 15.1. The molecule has 1 atom stereocenters. The van der Waals surface area contributed by atoms with Crippen molar-refractivity contribution in [2.75, 3.05) is 26.2 Å². The van der Waals surface area contributed by atoms with Crippen molar-refractivity contribution in [2.24, 2.45) is 11.8 Å². The average molecular weight is 214 g/mol. The molecule has 2 nitrogen and oxygen atoms in total. The summed E-state index contributed by atoms with van der Waals surface area (Å²) in [6.07, 6.45) is 0. The van der Waals surface area contributed by atoms with E-state index in [4.69, 9.17) is 0 Å². The van der Waals surface area contributed by atoms with Gasteiger partial charge in [-0.1, -0.05) is 27.7 Å². The zero-order valence-electron chi connectivity index (χ0n) is 11.5. The van der Waals surface area contributed by atoms with Gasteiger partial charge < -0.3 is 10.2 Å². The maximum Gasteiger partial charge on any atom is 0.00388 e. The van der Waals surface area contributed by atoms with Crippen molar-refractivity contribution < 1.29 is 0 Å². The molecule has 0 radical (unpaired) electrons. The summed E-state index contributed by atoms with van der Waals surface area (Å²) in [6, 6.07) is 0.663. The number of rotatable bonds is 8. The zero-order valence-corrected chi connectivity index (χ0v) is 11.5. The number of hydrogen-bond donors (Lipinski definition) is 1. The molecule has 2 heteroatoms. The van der Waals surface area contributed by atoms with Gasteiger partial charge in [-0.15, -0.1) is 0 Å². The summed E-state index contributed by atoms with van der Waals surface area (Å²) in [7, 11) is 0. The summed E-state index contributed by atoms with van der Waals surface area (Å²) in [5.41, 5.74) is 0. The van der Waals surface area contributed by atoms with E-state index in [0.717, 1.165) is 24.9 Å². The minimum absolute atomic E-state index is 0.663. The molecule has 0 saturated carbocycles. The van der Waals surface area contributed by atoms with Crippen molar-refractivity contribution in [3.05, 3.63) is 0 Å². The topological polar surface area (TPSA) is 15.3 Å². The van der Waals surface area contributed by atoms with Gasteiger partial charge in [-0.2, -0.15) is 0 Å². The molecule has 0 amide bonds. The molecule has 15 heavy (non-hydrogen) atoms. The highest BCUT2D eigenvalue weighted by Gasteiger charge is 2.14. The van der Waals surface area contributed by atoms with Crippen LogP contribution in [0.15, 0.2) is 0 Å². The summed E-state index contributed by atoms with van der Waals surface area (Å²) >= 11 is 0. The molecule has 0 saturated heterocycles. The molecule has 0 spiro atoms. The molecular formula is C13H30N2. The van der Waals surface area contributed by atoms with Gasteiger partial charge in [0, 0.05) is 19.1 Å². The molecule has 0 aliphatic rings. The lowest BCUT2D eigenvalue weighted by Crippen LogP contribution is -2.39. The van der Waals surface area contributed by atoms with Crippen LogP contribution in [-0.2, 0) is 0 Å². The first-order valence-electron chi connectivity index (χ1n) is 6.42. The van der Waals surface area contributed by atoms with E-state index in [1.165, 1.54) is 13.1 Å². The predicted octanol–water partition coefficient (Wildman–Crippen LogP) is 2.60. The van der Waals surface area contributed by atoms with Gasteiger partial charge in [0.05, 0.1) is 0 Å². The molecule has 92 valence electrons. The fourth-order valence-electron chi connectivity index (χ4n) is 1.82. The van der Waals surface area contributed by atoms with Crippen molar-refractivity contribution in [1.82, 2.24) is 10.2 Å². The summed E-state index contributed by atoms with van der Waals surface area (Å²) in [5.74, 6) is 1.50. The molecule has 0 aromatic heterocycles. The quantitative estimate of drug-likeness (QED) is 0.668. The molecule has 0 aromatic carbocycles. The van der Waals surface area contributed by atoms with E-state index in [9.17, 15) is 0 Å². The Balaban J connectivity index is 3.93. The summed E-state index contributed by atoms with van der Waals surface area (Å²) in [4.78, 5) is 2.59. The van der Waals surface area contributed by atoms with E-state index < -0.39 is 0 Å². The Labute approximate surface area is 96.4 Å². The van der Waals surface area contributed by atoms with E-state index in [1.54, 1.807) is 0 Å². The van der Waals surface area contributed by atoms with Crippen LogP contribution in [0.2, 0.25) is 0 Å². The minimum atomic E-state index is 0.663. The number of hydrogen-bond acceptors (Lipinski definition) is 2. The number of nitrogens with zero attached hydrogens (tertiary/aromatic N) is 1. The molecule has 0 bridgehead atoms. The van der Waals surface area contributed by atoms with Gasteiger partial charge in [0.15, 0.2) is 0 Å². The van der Waals surface area contributed by atoms with Crippen LogP contribution in [0.3, 0.4) is 0 Å². The number of nitrogens with one attached hydrogen (secondary N) is 1. The largest absolute Gasteiger partial charge is 0.317 e. The molecule has 0 aliphatic carbocycles. The first-order valence-corrected chi connectivity index (χ1v) is 6.42. The van der Waals surface area contributed by atoms with Crippen LogP contribution in [-0.4, -0.2) is 37.1 Å². The minimum Gasteiger partial charge on any atom is -0.317 e. The monoisotopic (exact) mass is 214 g/mol. The van der Waals surface area contributed by atoms with Gasteiger partial charge in [-0.3, -0.25) is 0 Å². The van der Waals surface area contributed by atoms with Crippen LogP contribution in [0.25, 0.3) is 0 Å². The lowest BCUT2D eigenvalue weighted by Gasteiger charge is -2.30. The highest BCUT2D eigenvalue weighted by molar-refractivity contribution is 4.69. The Hall–Kier alpha value is -0.0800. The lowest BCUT2D eigenvalue weighted by atomic mass is 10.1. The first kappa shape index (κ1) is 14.9. The Kier molecular flexibility index (Phi) is 8.07. The third kappa shape index (κ3) is 7.80. The van der Waals surface area contributed by atoms with E-state index in [-0.39, 0.29) is 0 Å². The Bertz CT molecular complexity index is 143. The molecule has 0 aliphatic heterocycles. The third-order valence-corrected chi connectivity index (χ3v) is 2.62. The first-order chi connectivity index (χ1) is 6.97. The average Bonchev–Trinajstić information content (AvgIpc) is 2.12. The SMILES string of the molecule is CCNCC(C)CN(CC(C)C)C(C)C. The van der Waals surface area contributed by atoms with E-state index >= 15 is 0 Å². The third-order valence-electron chi connectivity index (χ3n) is 2.62. The predicted molar refractivity (Wildman–Crippen MR) is 69.3 cm³/mol. The van der Waals surface area contributed by atoms with Crippen LogP contribution in [0, 0.1) is 11.8 Å². The smallest absolute Gasteiger partial charge is 0.00388 e. The summed E-state index contributed by atoms with van der Waals surface area (Å²) in [5, 5.41) is 3.42. The Morgan fingerprint density at radius 1 is 1.00 bits per heavy atom. The van der Waals surface area contributed by atoms with E-state index in [2.05, 4.69) is 51.8 Å². The second-order valence-corrected chi connectivity index (χ2v) is 5.35. The lowest BCUT2D eigenvalue weighted by molar-refractivity contribution is 0.171. The molecule has 0 aromatic rings. The molecule has 0 heterocycles. The Morgan fingerprint density at radius 3 is 2.00 bits per heavy atom. The molecule has 1 N–H and O–H groups in total. The molecule has 1 unspecified atom stereocenters. The highest BCUT2D eigenvalue weighted by Crippen LogP contribution is 2.07. The van der Waals surface area contributed by atoms with Crippen LogP contribution in [0.5, 0.6) is 0 Å². The summed E-state index contributed by atoms with van der Waals surface area (Å²) in [6.45, 7) is 18.3. The van der Waals surface area contributed by atoms with Gasteiger partial charge in [0.1, 0.15) is 0 Å². The van der Waals surface area contributed by atoms with Crippen LogP contribution >= 0.6 is 0 Å². The van der Waals surface area contributed by atoms with Crippen molar-refractivity contribution in [1.29, 1.82) is 0 Å². The van der Waals surface area contributed by atoms with Crippen molar-refractivity contribution in [2.45, 2.75) is 47.6 Å². The maximum absolute atomic E-state index is 3.42. The molecule has 0 rings (SSSR count). The van der Waals surface area contributed by atoms with Gasteiger partial charge in [-0.05, 0) is 38.8 Å². The van der Waals surface area contributed by atoms with Gasteiger partial charge >= 0.3 is 0 Å². The van der Waals surface area contributed by atoms with Crippen molar-refractivity contribution in [3.8, 4) is 0 Å². The fourth-order valence-corrected chi connectivity index (χ4v) is 1.82. The zero-order chi connectivity index (χ0) is 11.8. The van der Waals surface area contributed by atoms with Crippen molar-refractivity contribution in [3.63, 3.8) is 0 Å². The van der Waals surface area contributed by atoms with Gasteiger partial charge in [0.2, 0.25) is 0 Å². The standard InChI is InChI=1S/C13H30N2/c1-7-14-8-13(6)10-15(12(4)5)9-11(2)3/h11-14H,7-10H2,1-6H3. The van der Waals surface area contributed by atoms with Crippen LogP contribution in [0.1, 0.15) is 41.5 Å². The van der Waals surface area contributed by atoms with E-state index in [0.29, 0.717) is 6.04 Å². The molecule has 0 fully saturated rings. The second kappa shape index (κ2) is 8.12. The Morgan fingerprint density at radius 2 is 1.60 bits per heavy atom.